The van der Waals surface area contributed by atoms with Gasteiger partial charge in [0, 0.05) is 112 Å². The number of halogens is 1. The predicted octanol–water partition coefficient (Wildman–Crippen LogP) is 17.4. The molecule has 15 aromatic rings. The second kappa shape index (κ2) is 40.9. The second-order valence-corrected chi connectivity index (χ2v) is 33.6. The summed E-state index contributed by atoms with van der Waals surface area (Å²) in [6.07, 6.45) is 12.4. The van der Waals surface area contributed by atoms with Gasteiger partial charge in [-0.05, 0) is 165 Å². The maximum atomic E-state index is 12.7. The summed E-state index contributed by atoms with van der Waals surface area (Å²) in [6, 6.07) is 54.6. The molecule has 3 aliphatic heterocycles. The van der Waals surface area contributed by atoms with E-state index in [1.807, 2.05) is 130 Å². The lowest BCUT2D eigenvalue weighted by Crippen LogP contribution is -2.40. The van der Waals surface area contributed by atoms with Crippen LogP contribution in [-0.4, -0.2) is 137 Å². The van der Waals surface area contributed by atoms with E-state index < -0.39 is 16.1 Å². The molecule has 610 valence electrons. The normalized spacial score (nSPS) is 13.0. The van der Waals surface area contributed by atoms with Crippen LogP contribution in [0.5, 0.6) is 23.0 Å². The number of fused-ring (bicyclic) bond motifs is 2. The summed E-state index contributed by atoms with van der Waals surface area (Å²) in [7, 11) is -3.51. The van der Waals surface area contributed by atoms with Gasteiger partial charge in [0.25, 0.3) is 29.5 Å². The summed E-state index contributed by atoms with van der Waals surface area (Å²) in [5, 5.41) is 28.3. The van der Waals surface area contributed by atoms with Gasteiger partial charge in [-0.25, -0.2) is 33.3 Å². The highest BCUT2D eigenvalue weighted by Crippen LogP contribution is 2.35. The molecule has 37 heteroatoms. The molecule has 1 saturated heterocycles. The van der Waals surface area contributed by atoms with Crippen molar-refractivity contribution in [3.63, 3.8) is 0 Å². The number of thiazole rings is 5. The number of hydrogen-bond donors (Lipinski definition) is 6. The molecule has 1 fully saturated rings. The summed E-state index contributed by atoms with van der Waals surface area (Å²) in [5.74, 6) is 0.976. The molecule has 0 saturated carbocycles. The number of thiophene rings is 1. The van der Waals surface area contributed by atoms with Crippen LogP contribution in [-0.2, 0) is 19.6 Å². The van der Waals surface area contributed by atoms with Crippen molar-refractivity contribution in [1.29, 1.82) is 0 Å². The van der Waals surface area contributed by atoms with Crippen LogP contribution in [0.3, 0.4) is 0 Å². The van der Waals surface area contributed by atoms with E-state index in [1.54, 1.807) is 97.8 Å². The van der Waals surface area contributed by atoms with E-state index in [1.165, 1.54) is 104 Å². The van der Waals surface area contributed by atoms with Crippen molar-refractivity contribution in [3.8, 4) is 79.8 Å². The SMILES string of the molecule is CC(=O)Nc1ccc(C(=O)Nc2nc(-c3cccnc3)cs2)cc1.O=C(Nc1nc(-c2ccccn2)cs1)C1COc2ccccc2O1.O=C(Nc1nc(-c2ccccn2)cs1)c1ccc(Cl)s1.O=C(Nc1nc(-c2ccccn2)cs1)c1ccc(S(=O)(=O)N2CCCCC2)cc1.O=C(Nc1nc(-c2ccccn2)cs1)c1ccc2c(c1)OCCO2. The van der Waals surface area contributed by atoms with Crippen LogP contribution in [0.1, 0.15) is 66.9 Å². The first-order valence-electron chi connectivity index (χ1n) is 36.9. The Kier molecular flexibility index (Phi) is 28.5. The minimum atomic E-state index is -3.51. The van der Waals surface area contributed by atoms with Gasteiger partial charge in [0.15, 0.2) is 48.7 Å². The van der Waals surface area contributed by atoms with Gasteiger partial charge in [0.2, 0.25) is 22.0 Å². The highest BCUT2D eigenvalue weighted by atomic mass is 35.5. The minimum absolute atomic E-state index is 0.155. The maximum absolute atomic E-state index is 12.7. The highest BCUT2D eigenvalue weighted by molar-refractivity contribution is 7.89. The van der Waals surface area contributed by atoms with E-state index in [-0.39, 0.29) is 46.9 Å². The Balaban J connectivity index is 0.000000124. The fraction of sp³-hybridized carbons (Fsp3) is 0.119. The van der Waals surface area contributed by atoms with Crippen molar-refractivity contribution in [1.82, 2.24) is 54.1 Å². The number of aromatic nitrogens is 10. The molecular weight excluding hydrogens is 1700 g/mol. The van der Waals surface area contributed by atoms with Crippen LogP contribution in [0.25, 0.3) is 56.8 Å². The lowest BCUT2D eigenvalue weighted by molar-refractivity contribution is -0.125. The Hall–Kier alpha value is -13.3. The number of carbonyl (C=O) groups excluding carboxylic acids is 6. The highest BCUT2D eigenvalue weighted by Gasteiger charge is 2.30. The molecule has 0 spiro atoms. The van der Waals surface area contributed by atoms with Crippen LogP contribution in [0.2, 0.25) is 4.34 Å². The van der Waals surface area contributed by atoms with Crippen molar-refractivity contribution in [2.45, 2.75) is 37.2 Å². The zero-order valence-corrected chi connectivity index (χ0v) is 70.0. The van der Waals surface area contributed by atoms with Crippen molar-refractivity contribution >= 4 is 156 Å². The molecule has 121 heavy (non-hydrogen) atoms. The fourth-order valence-electron chi connectivity index (χ4n) is 11.4. The summed E-state index contributed by atoms with van der Waals surface area (Å²) in [4.78, 5) is 116. The van der Waals surface area contributed by atoms with Gasteiger partial charge in [0.05, 0.1) is 42.6 Å². The number of rotatable bonds is 18. The maximum Gasteiger partial charge on any atom is 0.270 e. The molecule has 4 aromatic carbocycles. The number of para-hydroxylation sites is 2. The topological polar surface area (TPSA) is 378 Å². The number of ether oxygens (including phenoxy) is 4. The molecule has 0 aliphatic carbocycles. The lowest BCUT2D eigenvalue weighted by atomic mass is 10.2. The first kappa shape index (κ1) is 84.2. The number of benzene rings is 4. The third kappa shape index (κ3) is 23.2. The van der Waals surface area contributed by atoms with Crippen molar-refractivity contribution < 1.29 is 56.1 Å². The molecule has 1 atom stereocenters. The number of carbonyl (C=O) groups is 6. The van der Waals surface area contributed by atoms with Crippen molar-refractivity contribution in [2.24, 2.45) is 0 Å². The summed E-state index contributed by atoms with van der Waals surface area (Å²) in [5.41, 5.74) is 9.61. The van der Waals surface area contributed by atoms with Gasteiger partial charge in [-0.15, -0.1) is 68.0 Å². The minimum Gasteiger partial charge on any atom is -0.486 e. The van der Waals surface area contributed by atoms with E-state index in [4.69, 9.17) is 30.5 Å². The summed E-state index contributed by atoms with van der Waals surface area (Å²) >= 11 is 13.8. The summed E-state index contributed by atoms with van der Waals surface area (Å²) in [6.45, 7) is 3.70. The zero-order chi connectivity index (χ0) is 83.9. The monoisotopic (exact) mass is 1770 g/mol. The molecule has 6 amide bonds. The Morgan fingerprint density at radius 1 is 0.421 bits per heavy atom. The number of nitrogens with zero attached hydrogens (tertiary/aromatic N) is 11. The third-order valence-corrected chi connectivity index (χ3v) is 24.2. The Morgan fingerprint density at radius 2 is 0.868 bits per heavy atom. The second-order valence-electron chi connectivity index (χ2n) is 25.7. The van der Waals surface area contributed by atoms with Crippen LogP contribution < -0.4 is 50.8 Å². The predicted molar refractivity (Wildman–Crippen MR) is 470 cm³/mol. The number of pyridine rings is 5. The number of nitrogens with one attached hydrogen (secondary N) is 6. The molecule has 1 unspecified atom stereocenters. The molecule has 29 nitrogen and oxygen atoms in total. The third-order valence-electron chi connectivity index (χ3n) is 17.2. The molecule has 3 aliphatic rings. The lowest BCUT2D eigenvalue weighted by Gasteiger charge is -2.25. The quantitative estimate of drug-likeness (QED) is 0.0465. The zero-order valence-electron chi connectivity index (χ0n) is 63.5. The Bertz CT molecular complexity index is 6170. The first-order valence-corrected chi connectivity index (χ1v) is 43.9. The molecule has 14 heterocycles. The fourth-order valence-corrected chi connectivity index (χ4v) is 17.4. The largest absolute Gasteiger partial charge is 0.486 e. The van der Waals surface area contributed by atoms with Crippen LogP contribution in [0.15, 0.2) is 257 Å². The van der Waals surface area contributed by atoms with Gasteiger partial charge in [0.1, 0.15) is 42.6 Å². The number of amides is 6. The first-order chi connectivity index (χ1) is 59.0. The molecule has 11 aromatic heterocycles. The number of hydrogen-bond acceptors (Lipinski definition) is 28. The number of anilines is 6. The number of piperidine rings is 1. The average molecular weight is 1770 g/mol. The van der Waals surface area contributed by atoms with Gasteiger partial charge in [-0.3, -0.25) is 80.3 Å². The summed E-state index contributed by atoms with van der Waals surface area (Å²) < 4.78 is 49.7. The van der Waals surface area contributed by atoms with Gasteiger partial charge < -0.3 is 24.3 Å². The molecule has 0 radical (unpaired) electrons. The van der Waals surface area contributed by atoms with Gasteiger partial charge >= 0.3 is 0 Å². The Labute approximate surface area is 721 Å². The van der Waals surface area contributed by atoms with Crippen LogP contribution in [0.4, 0.5) is 31.3 Å². The van der Waals surface area contributed by atoms with E-state index in [0.717, 1.165) is 70.4 Å². The van der Waals surface area contributed by atoms with Gasteiger partial charge in [-0.2, -0.15) is 4.31 Å². The van der Waals surface area contributed by atoms with E-state index >= 15 is 0 Å². The molecule has 6 N–H and O–H groups in total. The molecule has 18 rings (SSSR count). The van der Waals surface area contributed by atoms with Crippen LogP contribution in [0, 0.1) is 0 Å². The van der Waals surface area contributed by atoms with E-state index in [9.17, 15) is 37.2 Å². The molecule has 0 bridgehead atoms. The van der Waals surface area contributed by atoms with E-state index in [0.29, 0.717) is 112 Å². The van der Waals surface area contributed by atoms with Crippen molar-refractivity contribution in [2.75, 3.05) is 64.8 Å². The van der Waals surface area contributed by atoms with Gasteiger partial charge in [-0.1, -0.05) is 54.4 Å². The molecular formula is C84H68ClN17O12S7. The van der Waals surface area contributed by atoms with E-state index in [2.05, 4.69) is 81.7 Å². The Morgan fingerprint density at radius 3 is 1.35 bits per heavy atom. The number of sulfonamides is 1. The smallest absolute Gasteiger partial charge is 0.270 e. The average Bonchev–Trinajstić information content (AvgIpc) is 1.72. The van der Waals surface area contributed by atoms with Crippen molar-refractivity contribution in [3.05, 3.63) is 278 Å². The standard InChI is InChI=1S/C20H20N4O3S2.C17H14N4O2S.2C17H13N3O3S.C13H8ClN3OS2/c25-19(23-20-22-18(14-28-20)17-6-2-3-11-21-17)15-7-9-16(10-8-15)29(26,27)24-12-4-1-5-13-24;1-11(22)19-14-6-4-12(5-7-14)16(23)21-17-20-15(10-24-17)13-3-2-8-18-9-13;21-16(15-9-22-13-6-1-2-7-14(13)23-15)20-17-19-12(10-24-17)11-5-3-4-8-18-11;21-16(11-4-5-14-15(9-11)23-8-7-22-14)20-17-19-13(10-24-17)12-3-1-2-6-18-12;14-11-5-4-10(20-11)12(18)17-13-16-9(7-19-13)8-3-1-2-6-15-8/h2-3,6-11,14H,1,4-5,12-13H2,(H,22,23,25);2-10H,1H3,(H,19,22)(H,20,21,23);1-8,10,15H,9H2,(H,19,20,21);1-6,9-10H,7-8H2,(H,19,20,21);1-7H,(H,16,17,18). The van der Waals surface area contributed by atoms with Crippen LogP contribution >= 0.6 is 79.6 Å².